The maximum atomic E-state index is 12.8. The first kappa shape index (κ1) is 17.5. The number of carbonyl (C=O) groups excluding carboxylic acids is 1. The molecule has 0 aromatic heterocycles. The summed E-state index contributed by atoms with van der Waals surface area (Å²) in [7, 11) is 0. The molecule has 0 atom stereocenters. The van der Waals surface area contributed by atoms with E-state index in [-0.39, 0.29) is 16.9 Å². The first-order valence-corrected chi connectivity index (χ1v) is 6.69. The highest BCUT2D eigenvalue weighted by atomic mass is 35.5. The number of nitrogens with two attached hydrogens (primary N) is 1. The van der Waals surface area contributed by atoms with Gasteiger partial charge in [-0.25, -0.2) is 0 Å². The molecule has 126 valence electrons. The van der Waals surface area contributed by atoms with Gasteiger partial charge in [-0.05, 0) is 30.3 Å². The van der Waals surface area contributed by atoms with Crippen LogP contribution in [-0.4, -0.2) is 10.8 Å². The molecule has 2 aromatic carbocycles. The number of amides is 1. The van der Waals surface area contributed by atoms with Crippen molar-refractivity contribution >= 4 is 34.6 Å². The lowest BCUT2D eigenvalue weighted by Crippen LogP contribution is -2.14. The largest absolute Gasteiger partial charge is 0.417 e. The Morgan fingerprint density at radius 2 is 1.88 bits per heavy atom. The average Bonchev–Trinajstić information content (AvgIpc) is 2.48. The van der Waals surface area contributed by atoms with E-state index in [1.807, 2.05) is 0 Å². The molecule has 0 radical (unpaired) electrons. The van der Waals surface area contributed by atoms with Gasteiger partial charge in [0.2, 0.25) is 0 Å². The third-order valence-corrected chi connectivity index (χ3v) is 3.35. The number of nitrogens with zero attached hydrogens (tertiary/aromatic N) is 1. The van der Waals surface area contributed by atoms with E-state index in [9.17, 15) is 28.1 Å². The van der Waals surface area contributed by atoms with E-state index in [0.29, 0.717) is 6.07 Å². The van der Waals surface area contributed by atoms with Crippen molar-refractivity contribution in [3.63, 3.8) is 0 Å². The normalized spacial score (nSPS) is 11.2. The van der Waals surface area contributed by atoms with Gasteiger partial charge in [-0.1, -0.05) is 11.6 Å². The van der Waals surface area contributed by atoms with Crippen molar-refractivity contribution in [3.8, 4) is 0 Å². The van der Waals surface area contributed by atoms with Crippen molar-refractivity contribution in [1.29, 1.82) is 0 Å². The average molecular weight is 360 g/mol. The van der Waals surface area contributed by atoms with E-state index in [1.165, 1.54) is 12.1 Å². The van der Waals surface area contributed by atoms with Gasteiger partial charge in [0.1, 0.15) is 5.69 Å². The van der Waals surface area contributed by atoms with Crippen LogP contribution in [0.2, 0.25) is 5.02 Å². The standard InChI is InChI=1S/C14H9ClF3N3O3/c15-10-3-2-8(6-9(10)14(16,17)18)20-13(22)7-1-4-11(19)12(5-7)21(23)24/h1-6H,19H2,(H,20,22). The molecule has 0 bridgehead atoms. The molecule has 3 N–H and O–H groups in total. The quantitative estimate of drug-likeness (QED) is 0.489. The van der Waals surface area contributed by atoms with E-state index >= 15 is 0 Å². The van der Waals surface area contributed by atoms with Gasteiger partial charge in [0, 0.05) is 17.3 Å². The Hall–Kier alpha value is -2.81. The number of alkyl halides is 3. The molecule has 0 aliphatic carbocycles. The van der Waals surface area contributed by atoms with Crippen LogP contribution >= 0.6 is 11.6 Å². The van der Waals surface area contributed by atoms with Gasteiger partial charge in [-0.2, -0.15) is 13.2 Å². The van der Waals surface area contributed by atoms with Crippen molar-refractivity contribution in [2.75, 3.05) is 11.1 Å². The Kier molecular flexibility index (Phi) is 4.65. The van der Waals surface area contributed by atoms with E-state index in [4.69, 9.17) is 17.3 Å². The van der Waals surface area contributed by atoms with Crippen LogP contribution < -0.4 is 11.1 Å². The maximum absolute atomic E-state index is 12.8. The number of anilines is 2. The molecule has 2 rings (SSSR count). The Labute approximate surface area is 138 Å². The van der Waals surface area contributed by atoms with Crippen LogP contribution in [0.3, 0.4) is 0 Å². The minimum Gasteiger partial charge on any atom is -0.393 e. The first-order chi connectivity index (χ1) is 11.1. The highest BCUT2D eigenvalue weighted by Gasteiger charge is 2.33. The smallest absolute Gasteiger partial charge is 0.393 e. The fourth-order valence-electron chi connectivity index (χ4n) is 1.87. The second kappa shape index (κ2) is 6.36. The number of hydrogen-bond acceptors (Lipinski definition) is 4. The van der Waals surface area contributed by atoms with Crippen LogP contribution in [0.5, 0.6) is 0 Å². The number of nitrogens with one attached hydrogen (secondary N) is 1. The molecule has 0 aliphatic heterocycles. The van der Waals surface area contributed by atoms with Crippen LogP contribution in [-0.2, 0) is 6.18 Å². The number of nitro benzene ring substituents is 1. The second-order valence-electron chi connectivity index (χ2n) is 4.68. The van der Waals surface area contributed by atoms with Gasteiger partial charge in [0.25, 0.3) is 11.6 Å². The molecule has 0 spiro atoms. The van der Waals surface area contributed by atoms with E-state index in [0.717, 1.165) is 18.2 Å². The zero-order valence-corrected chi connectivity index (χ0v) is 12.5. The number of halogens is 4. The number of hydrogen-bond donors (Lipinski definition) is 2. The van der Waals surface area contributed by atoms with Gasteiger partial charge in [-0.3, -0.25) is 14.9 Å². The summed E-state index contributed by atoms with van der Waals surface area (Å²) in [5.74, 6) is -0.825. The molecular formula is C14H9ClF3N3O3. The van der Waals surface area contributed by atoms with Gasteiger partial charge >= 0.3 is 6.18 Å². The molecule has 0 saturated heterocycles. The Bertz CT molecular complexity index is 825. The molecule has 10 heteroatoms. The summed E-state index contributed by atoms with van der Waals surface area (Å²) < 4.78 is 38.4. The summed E-state index contributed by atoms with van der Waals surface area (Å²) in [4.78, 5) is 22.1. The van der Waals surface area contributed by atoms with Crippen molar-refractivity contribution in [3.05, 3.63) is 62.7 Å². The fourth-order valence-corrected chi connectivity index (χ4v) is 2.09. The molecule has 0 saturated carbocycles. The molecule has 0 unspecified atom stereocenters. The third-order valence-electron chi connectivity index (χ3n) is 3.02. The summed E-state index contributed by atoms with van der Waals surface area (Å²) in [5.41, 5.74) is 3.41. The van der Waals surface area contributed by atoms with Crippen molar-refractivity contribution in [1.82, 2.24) is 0 Å². The number of nitrogen functional groups attached to an aromatic ring is 1. The van der Waals surface area contributed by atoms with Crippen LogP contribution in [0.1, 0.15) is 15.9 Å². The van der Waals surface area contributed by atoms with Gasteiger partial charge in [0.05, 0.1) is 15.5 Å². The predicted octanol–water partition coefficient (Wildman–Crippen LogP) is 4.10. The first-order valence-electron chi connectivity index (χ1n) is 6.31. The van der Waals surface area contributed by atoms with Gasteiger partial charge in [0.15, 0.2) is 0 Å². The molecule has 6 nitrogen and oxygen atoms in total. The second-order valence-corrected chi connectivity index (χ2v) is 5.08. The lowest BCUT2D eigenvalue weighted by Gasteiger charge is -2.12. The SMILES string of the molecule is Nc1ccc(C(=O)Nc2ccc(Cl)c(C(F)(F)F)c2)cc1[N+](=O)[O-]. The van der Waals surface area contributed by atoms with Crippen LogP contribution in [0, 0.1) is 10.1 Å². The van der Waals surface area contributed by atoms with Gasteiger partial charge < -0.3 is 11.1 Å². The minimum atomic E-state index is -4.68. The minimum absolute atomic E-state index is 0.126. The third kappa shape index (κ3) is 3.74. The molecule has 1 amide bonds. The molecular weight excluding hydrogens is 351 g/mol. The zero-order valence-electron chi connectivity index (χ0n) is 11.7. The summed E-state index contributed by atoms with van der Waals surface area (Å²) >= 11 is 5.49. The molecule has 0 fully saturated rings. The van der Waals surface area contributed by atoms with E-state index in [2.05, 4.69) is 5.32 Å². The molecule has 24 heavy (non-hydrogen) atoms. The molecule has 0 heterocycles. The Morgan fingerprint density at radius 3 is 2.46 bits per heavy atom. The van der Waals surface area contributed by atoms with Gasteiger partial charge in [-0.15, -0.1) is 0 Å². The summed E-state index contributed by atoms with van der Waals surface area (Å²) in [6.07, 6.45) is -4.68. The summed E-state index contributed by atoms with van der Waals surface area (Å²) in [5, 5.41) is 12.5. The fraction of sp³-hybridized carbons (Fsp3) is 0.0714. The maximum Gasteiger partial charge on any atom is 0.417 e. The number of nitro groups is 1. The summed E-state index contributed by atoms with van der Waals surface area (Å²) in [6, 6.07) is 6.16. The molecule has 0 aliphatic rings. The lowest BCUT2D eigenvalue weighted by molar-refractivity contribution is -0.383. The van der Waals surface area contributed by atoms with Crippen LogP contribution in [0.15, 0.2) is 36.4 Å². The predicted molar refractivity (Wildman–Crippen MR) is 81.9 cm³/mol. The van der Waals surface area contributed by atoms with Crippen molar-refractivity contribution < 1.29 is 22.9 Å². The van der Waals surface area contributed by atoms with E-state index in [1.54, 1.807) is 0 Å². The van der Waals surface area contributed by atoms with Crippen molar-refractivity contribution in [2.45, 2.75) is 6.18 Å². The number of benzene rings is 2. The monoisotopic (exact) mass is 359 g/mol. The Balaban J connectivity index is 2.31. The Morgan fingerprint density at radius 1 is 1.21 bits per heavy atom. The highest BCUT2D eigenvalue weighted by Crippen LogP contribution is 2.36. The van der Waals surface area contributed by atoms with E-state index < -0.39 is 33.3 Å². The van der Waals surface area contributed by atoms with Crippen molar-refractivity contribution in [2.24, 2.45) is 0 Å². The lowest BCUT2D eigenvalue weighted by atomic mass is 10.1. The molecule has 2 aromatic rings. The van der Waals surface area contributed by atoms with Crippen LogP contribution in [0.4, 0.5) is 30.2 Å². The highest BCUT2D eigenvalue weighted by molar-refractivity contribution is 6.31. The number of carbonyl (C=O) groups is 1. The number of rotatable bonds is 3. The zero-order chi connectivity index (χ0) is 18.1. The van der Waals surface area contributed by atoms with Crippen LogP contribution in [0.25, 0.3) is 0 Å². The summed E-state index contributed by atoms with van der Waals surface area (Å²) in [6.45, 7) is 0. The topological polar surface area (TPSA) is 98.3 Å².